The van der Waals surface area contributed by atoms with Crippen molar-refractivity contribution in [3.8, 4) is 5.75 Å². The first kappa shape index (κ1) is 14.1. The molecule has 1 heterocycles. The van der Waals surface area contributed by atoms with E-state index in [9.17, 15) is 9.18 Å². The van der Waals surface area contributed by atoms with Crippen LogP contribution in [0.3, 0.4) is 0 Å². The molecule has 0 atom stereocenters. The van der Waals surface area contributed by atoms with Gasteiger partial charge in [-0.2, -0.15) is 0 Å². The summed E-state index contributed by atoms with van der Waals surface area (Å²) >= 11 is 5.86. The summed E-state index contributed by atoms with van der Waals surface area (Å²) in [4.78, 5) is 16.4. The first-order valence-corrected chi connectivity index (χ1v) is 7.06. The van der Waals surface area contributed by atoms with Crippen LogP contribution in [-0.2, 0) is 6.54 Å². The van der Waals surface area contributed by atoms with Gasteiger partial charge >= 0.3 is 0 Å². The zero-order chi connectivity index (χ0) is 15.0. The van der Waals surface area contributed by atoms with Gasteiger partial charge in [0.2, 0.25) is 0 Å². The highest BCUT2D eigenvalue weighted by atomic mass is 35.5. The minimum atomic E-state index is -0.455. The third kappa shape index (κ3) is 2.78. The van der Waals surface area contributed by atoms with Crippen LogP contribution in [0, 0.1) is 5.82 Å². The minimum Gasteiger partial charge on any atom is -0.494 e. The van der Waals surface area contributed by atoms with Crippen LogP contribution in [0.5, 0.6) is 5.75 Å². The summed E-state index contributed by atoms with van der Waals surface area (Å²) in [5.41, 5.74) is 0.126. The van der Waals surface area contributed by atoms with E-state index in [2.05, 4.69) is 4.98 Å². The largest absolute Gasteiger partial charge is 0.494 e. The Hall–Kier alpha value is -1.88. The van der Waals surface area contributed by atoms with Crippen LogP contribution in [0.1, 0.15) is 30.1 Å². The molecule has 4 nitrogen and oxygen atoms in total. The predicted octanol–water partition coefficient (Wildman–Crippen LogP) is 2.97. The molecule has 0 amide bonds. The summed E-state index contributed by atoms with van der Waals surface area (Å²) in [7, 11) is 1.41. The first-order chi connectivity index (χ1) is 10.1. The number of hydrogen-bond acceptors (Lipinski definition) is 3. The van der Waals surface area contributed by atoms with Crippen LogP contribution in [0.15, 0.2) is 29.1 Å². The Labute approximate surface area is 126 Å². The molecule has 2 aromatic rings. The van der Waals surface area contributed by atoms with Crippen molar-refractivity contribution in [2.24, 2.45) is 0 Å². The molecule has 1 saturated carbocycles. The molecule has 0 spiro atoms. The lowest BCUT2D eigenvalue weighted by Crippen LogP contribution is -2.25. The van der Waals surface area contributed by atoms with Gasteiger partial charge in [-0.1, -0.05) is 23.7 Å². The molecule has 1 aromatic heterocycles. The summed E-state index contributed by atoms with van der Waals surface area (Å²) in [6, 6.07) is 6.13. The summed E-state index contributed by atoms with van der Waals surface area (Å²) in [6.07, 6.45) is 1.96. The number of benzene rings is 1. The third-order valence-corrected chi connectivity index (χ3v) is 3.73. The van der Waals surface area contributed by atoms with Gasteiger partial charge in [-0.05, 0) is 18.9 Å². The van der Waals surface area contributed by atoms with Crippen molar-refractivity contribution in [2.45, 2.75) is 25.3 Å². The highest BCUT2D eigenvalue weighted by Gasteiger charge is 2.29. The molecular formula is C15H14ClFN2O2. The molecule has 1 aliphatic rings. The molecule has 0 radical (unpaired) electrons. The SMILES string of the molecule is COc1cccc(Cn2c(C3CC3)nc(Cl)cc2=O)c1F. The highest BCUT2D eigenvalue weighted by Crippen LogP contribution is 2.39. The van der Waals surface area contributed by atoms with Gasteiger partial charge in [0.15, 0.2) is 11.6 Å². The van der Waals surface area contributed by atoms with Crippen molar-refractivity contribution in [1.29, 1.82) is 0 Å². The van der Waals surface area contributed by atoms with E-state index >= 15 is 0 Å². The highest BCUT2D eigenvalue weighted by molar-refractivity contribution is 6.29. The zero-order valence-electron chi connectivity index (χ0n) is 11.5. The van der Waals surface area contributed by atoms with Crippen LogP contribution in [0.25, 0.3) is 0 Å². The summed E-state index contributed by atoms with van der Waals surface area (Å²) in [6.45, 7) is 0.123. The molecule has 3 rings (SSSR count). The Morgan fingerprint density at radius 1 is 1.48 bits per heavy atom. The average molecular weight is 309 g/mol. The summed E-state index contributed by atoms with van der Waals surface area (Å²) in [5, 5.41) is 0.185. The monoisotopic (exact) mass is 308 g/mol. The Bertz CT molecular complexity index is 741. The molecule has 0 N–H and O–H groups in total. The second-order valence-corrected chi connectivity index (χ2v) is 5.46. The number of ether oxygens (including phenoxy) is 1. The fourth-order valence-electron chi connectivity index (χ4n) is 2.31. The van der Waals surface area contributed by atoms with E-state index in [1.807, 2.05) is 0 Å². The second kappa shape index (κ2) is 5.48. The number of hydrogen-bond donors (Lipinski definition) is 0. The number of halogens is 2. The molecule has 1 aromatic carbocycles. The molecule has 1 aliphatic carbocycles. The smallest absolute Gasteiger partial charge is 0.255 e. The number of aromatic nitrogens is 2. The van der Waals surface area contributed by atoms with Crippen LogP contribution in [0.4, 0.5) is 4.39 Å². The van der Waals surface area contributed by atoms with Gasteiger partial charge < -0.3 is 4.74 Å². The molecule has 6 heteroatoms. The van der Waals surface area contributed by atoms with Crippen LogP contribution < -0.4 is 10.3 Å². The Balaban J connectivity index is 2.04. The van der Waals surface area contributed by atoms with Gasteiger partial charge in [-0.3, -0.25) is 9.36 Å². The summed E-state index contributed by atoms with van der Waals surface area (Å²) < 4.78 is 20.7. The van der Waals surface area contributed by atoms with Crippen LogP contribution in [0.2, 0.25) is 5.15 Å². The van der Waals surface area contributed by atoms with E-state index < -0.39 is 5.82 Å². The van der Waals surface area contributed by atoms with Gasteiger partial charge in [0, 0.05) is 17.5 Å². The van der Waals surface area contributed by atoms with E-state index in [4.69, 9.17) is 16.3 Å². The molecule has 0 aliphatic heterocycles. The second-order valence-electron chi connectivity index (χ2n) is 5.07. The molecule has 0 saturated heterocycles. The Morgan fingerprint density at radius 3 is 2.90 bits per heavy atom. The minimum absolute atomic E-state index is 0.123. The molecule has 0 unspecified atom stereocenters. The Kier molecular flexibility index (Phi) is 3.68. The van der Waals surface area contributed by atoms with E-state index in [1.165, 1.54) is 17.7 Å². The maximum absolute atomic E-state index is 14.2. The van der Waals surface area contributed by atoms with Gasteiger partial charge in [-0.15, -0.1) is 0 Å². The maximum Gasteiger partial charge on any atom is 0.255 e. The van der Waals surface area contributed by atoms with Crippen molar-refractivity contribution in [2.75, 3.05) is 7.11 Å². The summed E-state index contributed by atoms with van der Waals surface area (Å²) in [5.74, 6) is 0.582. The predicted molar refractivity (Wildman–Crippen MR) is 77.5 cm³/mol. The van der Waals surface area contributed by atoms with Crippen molar-refractivity contribution in [3.63, 3.8) is 0 Å². The van der Waals surface area contributed by atoms with E-state index in [1.54, 1.807) is 18.2 Å². The van der Waals surface area contributed by atoms with E-state index in [0.29, 0.717) is 11.4 Å². The van der Waals surface area contributed by atoms with Crippen LogP contribution in [-0.4, -0.2) is 16.7 Å². The fourth-order valence-corrected chi connectivity index (χ4v) is 2.49. The molecule has 1 fully saturated rings. The fraction of sp³-hybridized carbons (Fsp3) is 0.333. The van der Waals surface area contributed by atoms with Crippen molar-refractivity contribution >= 4 is 11.6 Å². The van der Waals surface area contributed by atoms with E-state index in [0.717, 1.165) is 12.8 Å². The van der Waals surface area contributed by atoms with Gasteiger partial charge in [0.1, 0.15) is 11.0 Å². The lowest BCUT2D eigenvalue weighted by Gasteiger charge is -2.13. The molecule has 0 bridgehead atoms. The first-order valence-electron chi connectivity index (χ1n) is 6.69. The van der Waals surface area contributed by atoms with E-state index in [-0.39, 0.29) is 28.9 Å². The van der Waals surface area contributed by atoms with Crippen molar-refractivity contribution in [3.05, 3.63) is 57.0 Å². The lowest BCUT2D eigenvalue weighted by molar-refractivity contribution is 0.383. The van der Waals surface area contributed by atoms with Gasteiger partial charge in [0.05, 0.1) is 13.7 Å². The third-order valence-electron chi connectivity index (χ3n) is 3.54. The molecule has 110 valence electrons. The molecule has 21 heavy (non-hydrogen) atoms. The van der Waals surface area contributed by atoms with Crippen molar-refractivity contribution < 1.29 is 9.13 Å². The number of rotatable bonds is 4. The van der Waals surface area contributed by atoms with Crippen molar-refractivity contribution in [1.82, 2.24) is 9.55 Å². The van der Waals surface area contributed by atoms with Crippen LogP contribution >= 0.6 is 11.6 Å². The number of nitrogens with zero attached hydrogens (tertiary/aromatic N) is 2. The number of methoxy groups -OCH3 is 1. The average Bonchev–Trinajstić information content (AvgIpc) is 3.27. The standard InChI is InChI=1S/C15H14ClFN2O2/c1-21-11-4-2-3-10(14(11)17)8-19-13(20)7-12(16)18-15(19)9-5-6-9/h2-4,7,9H,5-6,8H2,1H3. The topological polar surface area (TPSA) is 44.1 Å². The lowest BCUT2D eigenvalue weighted by atomic mass is 10.2. The normalized spacial score (nSPS) is 14.2. The maximum atomic E-state index is 14.2. The van der Waals surface area contributed by atoms with Gasteiger partial charge in [0.25, 0.3) is 5.56 Å². The zero-order valence-corrected chi connectivity index (χ0v) is 12.2. The Morgan fingerprint density at radius 2 is 2.24 bits per heavy atom. The van der Waals surface area contributed by atoms with Gasteiger partial charge in [-0.25, -0.2) is 9.37 Å². The molecular weight excluding hydrogens is 295 g/mol. The quantitative estimate of drug-likeness (QED) is 0.816.